The van der Waals surface area contributed by atoms with Crippen molar-refractivity contribution in [2.45, 2.75) is 44.9 Å². The summed E-state index contributed by atoms with van der Waals surface area (Å²) in [6.45, 7) is 0. The van der Waals surface area contributed by atoms with Gasteiger partial charge in [0.15, 0.2) is 0 Å². The zero-order chi connectivity index (χ0) is 10.6. The molecule has 0 radical (unpaired) electrons. The third-order valence-electron chi connectivity index (χ3n) is 2.09. The summed E-state index contributed by atoms with van der Waals surface area (Å²) in [5.74, 6) is 1.27. The Morgan fingerprint density at radius 1 is 1.14 bits per heavy atom. The fourth-order valence-corrected chi connectivity index (χ4v) is 1.79. The van der Waals surface area contributed by atoms with Crippen molar-refractivity contribution in [1.82, 2.24) is 0 Å². The van der Waals surface area contributed by atoms with E-state index in [1.165, 1.54) is 37.7 Å². The molecule has 0 aliphatic carbocycles. The molecule has 0 aromatic heterocycles. The van der Waals surface area contributed by atoms with Crippen LogP contribution in [0.2, 0.25) is 0 Å². The second-order valence-electron chi connectivity index (χ2n) is 3.39. The molecular formula is C10H21NO2S. The van der Waals surface area contributed by atoms with Gasteiger partial charge in [-0.25, -0.2) is 0 Å². The van der Waals surface area contributed by atoms with E-state index in [1.807, 2.05) is 11.8 Å². The van der Waals surface area contributed by atoms with Crippen LogP contribution in [-0.4, -0.2) is 28.3 Å². The molecule has 84 valence electrons. The lowest BCUT2D eigenvalue weighted by Gasteiger charge is -1.98. The van der Waals surface area contributed by atoms with E-state index in [-0.39, 0.29) is 4.90 Å². The molecule has 0 heterocycles. The van der Waals surface area contributed by atoms with Gasteiger partial charge in [0.25, 0.3) is 0 Å². The van der Waals surface area contributed by atoms with E-state index in [4.69, 9.17) is 5.21 Å². The molecule has 0 saturated heterocycles. The lowest BCUT2D eigenvalue weighted by atomic mass is 10.1. The zero-order valence-electron chi connectivity index (χ0n) is 8.95. The molecule has 3 nitrogen and oxygen atoms in total. The van der Waals surface area contributed by atoms with E-state index >= 15 is 0 Å². The number of hydrogen-bond acceptors (Lipinski definition) is 3. The van der Waals surface area contributed by atoms with E-state index in [2.05, 4.69) is 6.26 Å². The number of rotatable bonds is 9. The Hall–Kier alpha value is -0.380. The Labute approximate surface area is 90.7 Å². The number of thioether (sulfide) groups is 1. The molecule has 0 amide bonds. The summed E-state index contributed by atoms with van der Waals surface area (Å²) in [6.07, 6.45) is 11.4. The van der Waals surface area contributed by atoms with Gasteiger partial charge in [-0.3, -0.25) is 5.21 Å². The van der Waals surface area contributed by atoms with Crippen LogP contribution in [0.3, 0.4) is 0 Å². The Morgan fingerprint density at radius 2 is 1.71 bits per heavy atom. The normalized spacial score (nSPS) is 11.9. The van der Waals surface area contributed by atoms with Crippen LogP contribution in [-0.2, 0) is 0 Å². The molecule has 14 heavy (non-hydrogen) atoms. The maximum absolute atomic E-state index is 10.1. The molecule has 0 saturated carbocycles. The Kier molecular flexibility index (Phi) is 10.4. The molecule has 0 bridgehead atoms. The first-order valence-electron chi connectivity index (χ1n) is 5.25. The topological polar surface area (TPSA) is 46.3 Å². The summed E-state index contributed by atoms with van der Waals surface area (Å²) in [4.78, 5) is -0.0987. The summed E-state index contributed by atoms with van der Waals surface area (Å²) < 4.78 is 0. The van der Waals surface area contributed by atoms with Gasteiger partial charge in [0, 0.05) is 11.3 Å². The molecule has 0 fully saturated rings. The lowest BCUT2D eigenvalue weighted by Crippen LogP contribution is -1.96. The molecule has 0 atom stereocenters. The van der Waals surface area contributed by atoms with E-state index in [1.54, 1.807) is 0 Å². The average molecular weight is 219 g/mol. The maximum Gasteiger partial charge on any atom is 0.209 e. The van der Waals surface area contributed by atoms with Gasteiger partial charge in [0.2, 0.25) is 6.21 Å². The summed E-state index contributed by atoms with van der Waals surface area (Å²) in [5.41, 5.74) is 0. The van der Waals surface area contributed by atoms with E-state index in [9.17, 15) is 5.21 Å². The highest BCUT2D eigenvalue weighted by Gasteiger charge is 1.92. The Balaban J connectivity index is 2.96. The summed E-state index contributed by atoms with van der Waals surface area (Å²) in [7, 11) is 0. The van der Waals surface area contributed by atoms with E-state index in [0.29, 0.717) is 6.42 Å². The SMILES string of the molecule is CSCCCCCCCC/C=[N+](\[O-])O. The van der Waals surface area contributed by atoms with Crippen molar-refractivity contribution in [3.63, 3.8) is 0 Å². The standard InChI is InChI=1S/C10H21NO2S/c1-14-10-8-6-4-2-3-5-7-9-11(12)13/h9H,2-8,10H2,1H3,(H,12,13). The van der Waals surface area contributed by atoms with Gasteiger partial charge in [0.05, 0.1) is 0 Å². The first-order chi connectivity index (χ1) is 6.77. The van der Waals surface area contributed by atoms with Crippen LogP contribution >= 0.6 is 11.8 Å². The molecule has 0 aliphatic heterocycles. The second-order valence-corrected chi connectivity index (χ2v) is 4.37. The summed E-state index contributed by atoms with van der Waals surface area (Å²) in [5, 5.41) is 18.3. The van der Waals surface area contributed by atoms with Crippen molar-refractivity contribution in [1.29, 1.82) is 0 Å². The van der Waals surface area contributed by atoms with E-state index in [0.717, 1.165) is 12.8 Å². The van der Waals surface area contributed by atoms with Gasteiger partial charge in [0.1, 0.15) is 0 Å². The molecule has 0 spiro atoms. The smallest absolute Gasteiger partial charge is 0.209 e. The van der Waals surface area contributed by atoms with Gasteiger partial charge in [-0.05, 0) is 24.9 Å². The molecule has 0 aromatic rings. The first kappa shape index (κ1) is 13.6. The zero-order valence-corrected chi connectivity index (χ0v) is 9.76. The van der Waals surface area contributed by atoms with Gasteiger partial charge < -0.3 is 5.21 Å². The molecule has 0 aliphatic rings. The van der Waals surface area contributed by atoms with Crippen molar-refractivity contribution in [2.24, 2.45) is 0 Å². The van der Waals surface area contributed by atoms with Crippen LogP contribution in [0.4, 0.5) is 0 Å². The van der Waals surface area contributed by atoms with Crippen molar-refractivity contribution in [3.05, 3.63) is 5.21 Å². The van der Waals surface area contributed by atoms with Gasteiger partial charge in [-0.2, -0.15) is 11.8 Å². The van der Waals surface area contributed by atoms with Crippen LogP contribution in [0, 0.1) is 5.21 Å². The van der Waals surface area contributed by atoms with Gasteiger partial charge in [-0.15, -0.1) is 0 Å². The van der Waals surface area contributed by atoms with Crippen molar-refractivity contribution < 1.29 is 10.1 Å². The summed E-state index contributed by atoms with van der Waals surface area (Å²) >= 11 is 1.90. The highest BCUT2D eigenvalue weighted by molar-refractivity contribution is 7.98. The monoisotopic (exact) mass is 219 g/mol. The van der Waals surface area contributed by atoms with Crippen LogP contribution in [0.15, 0.2) is 0 Å². The predicted octanol–water partition coefficient (Wildman–Crippen LogP) is 3.05. The van der Waals surface area contributed by atoms with Crippen LogP contribution in [0.5, 0.6) is 0 Å². The number of nitrogens with zero attached hydrogens (tertiary/aromatic N) is 1. The minimum atomic E-state index is -0.0987. The van der Waals surface area contributed by atoms with Crippen molar-refractivity contribution in [2.75, 3.05) is 12.0 Å². The molecule has 1 N–H and O–H groups in total. The van der Waals surface area contributed by atoms with Crippen LogP contribution in [0.1, 0.15) is 44.9 Å². The average Bonchev–Trinajstić information content (AvgIpc) is 2.15. The molecule has 4 heteroatoms. The maximum atomic E-state index is 10.1. The third-order valence-corrected chi connectivity index (χ3v) is 2.78. The first-order valence-corrected chi connectivity index (χ1v) is 6.64. The fraction of sp³-hybridized carbons (Fsp3) is 0.900. The number of unbranched alkanes of at least 4 members (excludes halogenated alkanes) is 6. The molecule has 0 rings (SSSR count). The quantitative estimate of drug-likeness (QED) is 0.213. The fourth-order valence-electron chi connectivity index (χ4n) is 1.30. The molecule has 0 aromatic carbocycles. The van der Waals surface area contributed by atoms with Crippen LogP contribution < -0.4 is 0 Å². The van der Waals surface area contributed by atoms with Crippen LogP contribution in [0.25, 0.3) is 0 Å². The minimum Gasteiger partial charge on any atom is -0.418 e. The largest absolute Gasteiger partial charge is 0.418 e. The third kappa shape index (κ3) is 11.6. The predicted molar refractivity (Wildman–Crippen MR) is 62.2 cm³/mol. The highest BCUT2D eigenvalue weighted by Crippen LogP contribution is 2.08. The Bertz CT molecular complexity index is 147. The molecular weight excluding hydrogens is 198 g/mol. The molecule has 0 unspecified atom stereocenters. The minimum absolute atomic E-state index is 0.0987. The van der Waals surface area contributed by atoms with Crippen molar-refractivity contribution in [3.8, 4) is 0 Å². The summed E-state index contributed by atoms with van der Waals surface area (Å²) in [6, 6.07) is 0. The number of hydrogen-bond donors (Lipinski definition) is 1. The van der Waals surface area contributed by atoms with Crippen molar-refractivity contribution >= 4 is 18.0 Å². The Morgan fingerprint density at radius 3 is 2.29 bits per heavy atom. The van der Waals surface area contributed by atoms with Gasteiger partial charge in [-0.1, -0.05) is 25.7 Å². The lowest BCUT2D eigenvalue weighted by molar-refractivity contribution is -0.723. The van der Waals surface area contributed by atoms with E-state index < -0.39 is 0 Å². The second kappa shape index (κ2) is 10.7. The van der Waals surface area contributed by atoms with Gasteiger partial charge >= 0.3 is 0 Å². The highest BCUT2D eigenvalue weighted by atomic mass is 32.2.